The first kappa shape index (κ1) is 10.3. The standard InChI is InChI=1S/C12H15N5/c1-8-5-11-15-12(13)16-17(11)7-10(8)9-3-2-4-14-6-9/h2-4,6,8,10H,5,7H2,1H3,(H2,13,16). The minimum absolute atomic E-state index is 0.374. The molecule has 5 heteroatoms. The Hall–Kier alpha value is -1.91. The lowest BCUT2D eigenvalue weighted by molar-refractivity contribution is 0.329. The van der Waals surface area contributed by atoms with E-state index in [0.29, 0.717) is 17.8 Å². The van der Waals surface area contributed by atoms with Crippen LogP contribution in [0.1, 0.15) is 24.2 Å². The van der Waals surface area contributed by atoms with Crippen LogP contribution < -0.4 is 5.73 Å². The number of pyridine rings is 1. The lowest BCUT2D eigenvalue weighted by Crippen LogP contribution is -2.27. The van der Waals surface area contributed by atoms with E-state index in [1.54, 1.807) is 6.20 Å². The second kappa shape index (κ2) is 3.84. The summed E-state index contributed by atoms with van der Waals surface area (Å²) in [5, 5.41) is 4.22. The van der Waals surface area contributed by atoms with Crippen molar-refractivity contribution in [3.8, 4) is 0 Å². The first-order valence-electron chi connectivity index (χ1n) is 5.83. The molecule has 2 N–H and O–H groups in total. The van der Waals surface area contributed by atoms with E-state index >= 15 is 0 Å². The number of aromatic nitrogens is 4. The van der Waals surface area contributed by atoms with Crippen LogP contribution in [0.3, 0.4) is 0 Å². The van der Waals surface area contributed by atoms with E-state index in [9.17, 15) is 0 Å². The summed E-state index contributed by atoms with van der Waals surface area (Å²) in [6.45, 7) is 3.08. The van der Waals surface area contributed by atoms with Gasteiger partial charge in [0.15, 0.2) is 0 Å². The van der Waals surface area contributed by atoms with E-state index < -0.39 is 0 Å². The van der Waals surface area contributed by atoms with Crippen LogP contribution in [-0.4, -0.2) is 19.7 Å². The zero-order valence-corrected chi connectivity index (χ0v) is 9.74. The molecule has 0 bridgehead atoms. The van der Waals surface area contributed by atoms with Crippen LogP contribution in [-0.2, 0) is 13.0 Å². The highest BCUT2D eigenvalue weighted by Gasteiger charge is 2.28. The van der Waals surface area contributed by atoms with Gasteiger partial charge in [-0.05, 0) is 17.5 Å². The fourth-order valence-electron chi connectivity index (χ4n) is 2.52. The summed E-state index contributed by atoms with van der Waals surface area (Å²) in [5.74, 6) is 2.35. The lowest BCUT2D eigenvalue weighted by atomic mass is 9.83. The highest BCUT2D eigenvalue weighted by Crippen LogP contribution is 2.32. The molecule has 17 heavy (non-hydrogen) atoms. The minimum Gasteiger partial charge on any atom is -0.366 e. The number of fused-ring (bicyclic) bond motifs is 1. The Morgan fingerprint density at radius 3 is 3.12 bits per heavy atom. The van der Waals surface area contributed by atoms with Crippen LogP contribution in [0, 0.1) is 5.92 Å². The highest BCUT2D eigenvalue weighted by atomic mass is 15.4. The number of hydrogen-bond donors (Lipinski definition) is 1. The maximum atomic E-state index is 5.63. The average molecular weight is 229 g/mol. The highest BCUT2D eigenvalue weighted by molar-refractivity contribution is 5.20. The van der Waals surface area contributed by atoms with E-state index in [0.717, 1.165) is 18.8 Å². The number of nitrogens with zero attached hydrogens (tertiary/aromatic N) is 4. The molecular formula is C12H15N5. The zero-order valence-electron chi connectivity index (χ0n) is 9.74. The molecule has 0 amide bonds. The Balaban J connectivity index is 1.94. The van der Waals surface area contributed by atoms with Gasteiger partial charge in [-0.1, -0.05) is 13.0 Å². The van der Waals surface area contributed by atoms with Crippen molar-refractivity contribution in [2.45, 2.75) is 25.8 Å². The molecule has 0 aromatic carbocycles. The molecule has 2 unspecified atom stereocenters. The van der Waals surface area contributed by atoms with Gasteiger partial charge in [0, 0.05) is 24.7 Å². The molecule has 0 radical (unpaired) electrons. The number of anilines is 1. The molecule has 0 aliphatic carbocycles. The fraction of sp³-hybridized carbons (Fsp3) is 0.417. The molecule has 1 aliphatic rings. The van der Waals surface area contributed by atoms with Gasteiger partial charge in [0.25, 0.3) is 0 Å². The topological polar surface area (TPSA) is 69.6 Å². The third kappa shape index (κ3) is 1.77. The van der Waals surface area contributed by atoms with Gasteiger partial charge in [-0.25, -0.2) is 4.68 Å². The van der Waals surface area contributed by atoms with Crippen molar-refractivity contribution in [3.05, 3.63) is 35.9 Å². The maximum absolute atomic E-state index is 5.63. The molecule has 2 atom stereocenters. The van der Waals surface area contributed by atoms with Crippen molar-refractivity contribution in [1.82, 2.24) is 19.7 Å². The second-order valence-corrected chi connectivity index (χ2v) is 4.64. The van der Waals surface area contributed by atoms with Crippen molar-refractivity contribution in [1.29, 1.82) is 0 Å². The summed E-state index contributed by atoms with van der Waals surface area (Å²) in [4.78, 5) is 8.43. The maximum Gasteiger partial charge on any atom is 0.239 e. The third-order valence-electron chi connectivity index (χ3n) is 3.44. The van der Waals surface area contributed by atoms with Crippen LogP contribution >= 0.6 is 0 Å². The van der Waals surface area contributed by atoms with Gasteiger partial charge in [-0.2, -0.15) is 4.98 Å². The van der Waals surface area contributed by atoms with Crippen molar-refractivity contribution < 1.29 is 0 Å². The van der Waals surface area contributed by atoms with Crippen LogP contribution in [0.2, 0.25) is 0 Å². The van der Waals surface area contributed by atoms with Crippen molar-refractivity contribution >= 4 is 5.95 Å². The molecule has 0 fully saturated rings. The molecule has 2 aromatic rings. The van der Waals surface area contributed by atoms with Crippen molar-refractivity contribution in [2.75, 3.05) is 5.73 Å². The van der Waals surface area contributed by atoms with E-state index in [-0.39, 0.29) is 0 Å². The molecule has 5 nitrogen and oxygen atoms in total. The summed E-state index contributed by atoms with van der Waals surface area (Å²) in [7, 11) is 0. The van der Waals surface area contributed by atoms with E-state index in [1.807, 2.05) is 16.9 Å². The molecule has 3 rings (SSSR count). The first-order valence-corrected chi connectivity index (χ1v) is 5.83. The summed E-state index contributed by atoms with van der Waals surface area (Å²) in [6.07, 6.45) is 4.66. The van der Waals surface area contributed by atoms with Crippen LogP contribution in [0.25, 0.3) is 0 Å². The number of hydrogen-bond acceptors (Lipinski definition) is 4. The van der Waals surface area contributed by atoms with Gasteiger partial charge in [0.1, 0.15) is 5.82 Å². The average Bonchev–Trinajstić information content (AvgIpc) is 2.68. The molecule has 1 aliphatic heterocycles. The van der Waals surface area contributed by atoms with E-state index in [2.05, 4.69) is 28.1 Å². The predicted octanol–water partition coefficient (Wildman–Crippen LogP) is 1.23. The summed E-state index contributed by atoms with van der Waals surface area (Å²) in [5.41, 5.74) is 6.90. The second-order valence-electron chi connectivity index (χ2n) is 4.64. The summed E-state index contributed by atoms with van der Waals surface area (Å²) >= 11 is 0. The van der Waals surface area contributed by atoms with Gasteiger partial charge in [0.2, 0.25) is 5.95 Å². The van der Waals surface area contributed by atoms with Gasteiger partial charge in [-0.3, -0.25) is 4.98 Å². The predicted molar refractivity (Wildman–Crippen MR) is 64.3 cm³/mol. The third-order valence-corrected chi connectivity index (χ3v) is 3.44. The number of nitrogens with two attached hydrogens (primary N) is 1. The Kier molecular flexibility index (Phi) is 2.31. The fourth-order valence-corrected chi connectivity index (χ4v) is 2.52. The zero-order chi connectivity index (χ0) is 11.8. The molecule has 2 aromatic heterocycles. The first-order chi connectivity index (χ1) is 8.24. The molecule has 3 heterocycles. The van der Waals surface area contributed by atoms with Gasteiger partial charge >= 0.3 is 0 Å². The van der Waals surface area contributed by atoms with Gasteiger partial charge in [0.05, 0.1) is 6.54 Å². The molecule has 0 saturated heterocycles. The minimum atomic E-state index is 0.374. The van der Waals surface area contributed by atoms with E-state index in [1.165, 1.54) is 5.56 Å². The molecule has 0 saturated carbocycles. The molecule has 0 spiro atoms. The Morgan fingerprint density at radius 2 is 2.35 bits per heavy atom. The van der Waals surface area contributed by atoms with Crippen LogP contribution in [0.4, 0.5) is 5.95 Å². The van der Waals surface area contributed by atoms with Crippen molar-refractivity contribution in [2.24, 2.45) is 5.92 Å². The van der Waals surface area contributed by atoms with E-state index in [4.69, 9.17) is 5.73 Å². The Morgan fingerprint density at radius 1 is 1.47 bits per heavy atom. The summed E-state index contributed by atoms with van der Waals surface area (Å²) < 4.78 is 1.92. The van der Waals surface area contributed by atoms with Crippen LogP contribution in [0.15, 0.2) is 24.5 Å². The molecule has 88 valence electrons. The normalized spacial score (nSPS) is 23.4. The van der Waals surface area contributed by atoms with Crippen LogP contribution in [0.5, 0.6) is 0 Å². The quantitative estimate of drug-likeness (QED) is 0.798. The number of rotatable bonds is 1. The molecular weight excluding hydrogens is 214 g/mol. The van der Waals surface area contributed by atoms with Gasteiger partial charge in [-0.15, -0.1) is 5.10 Å². The Bertz CT molecular complexity index is 519. The number of nitrogen functional groups attached to an aromatic ring is 1. The van der Waals surface area contributed by atoms with Crippen molar-refractivity contribution in [3.63, 3.8) is 0 Å². The smallest absolute Gasteiger partial charge is 0.239 e. The van der Waals surface area contributed by atoms with Gasteiger partial charge < -0.3 is 5.73 Å². The largest absolute Gasteiger partial charge is 0.366 e. The monoisotopic (exact) mass is 229 g/mol. The lowest BCUT2D eigenvalue weighted by Gasteiger charge is -2.28. The summed E-state index contributed by atoms with van der Waals surface area (Å²) in [6, 6.07) is 4.10. The Labute approximate surface area is 99.7 Å². The SMILES string of the molecule is CC1Cc2nc(N)nn2CC1c1cccnc1.